The molecule has 0 aliphatic carbocycles. The molecule has 0 saturated carbocycles. The molecule has 1 saturated heterocycles. The molecule has 0 radical (unpaired) electrons. The summed E-state index contributed by atoms with van der Waals surface area (Å²) in [6.45, 7) is 4.67. The molecular weight excluding hydrogens is 268 g/mol. The summed E-state index contributed by atoms with van der Waals surface area (Å²) in [5.41, 5.74) is 0. The second-order valence-electron chi connectivity index (χ2n) is 4.40. The number of nitrogens with zero attached hydrogens (tertiary/aromatic N) is 1. The van der Waals surface area contributed by atoms with Crippen molar-refractivity contribution in [2.24, 2.45) is 0 Å². The zero-order chi connectivity index (χ0) is 12.8. The summed E-state index contributed by atoms with van der Waals surface area (Å²) in [6, 6.07) is -0.678. The molecule has 1 heterocycles. The van der Waals surface area contributed by atoms with Crippen LogP contribution in [-0.4, -0.2) is 98.0 Å². The molecule has 1 aliphatic rings. The van der Waals surface area contributed by atoms with E-state index in [4.69, 9.17) is 5.11 Å². The Hall–Kier alpha value is 0.250. The van der Waals surface area contributed by atoms with Gasteiger partial charge in [0.1, 0.15) is 6.04 Å². The molecule has 7 heteroatoms. The third-order valence-corrected chi connectivity index (χ3v) is 2.53. The van der Waals surface area contributed by atoms with E-state index in [9.17, 15) is 9.59 Å². The first kappa shape index (κ1) is 19.6. The minimum atomic E-state index is -0.964. The van der Waals surface area contributed by atoms with Crippen LogP contribution >= 0.6 is 11.8 Å². The van der Waals surface area contributed by atoms with Crippen LogP contribution in [0.4, 0.5) is 4.79 Å². The smallest absolute Gasteiger partial charge is 1.00 e. The van der Waals surface area contributed by atoms with Crippen molar-refractivity contribution in [3.8, 4) is 0 Å². The minimum Gasteiger partial charge on any atom is -1.00 e. The predicted molar refractivity (Wildman–Crippen MR) is 73.5 cm³/mol. The number of aliphatic carboxylic acids is 1. The van der Waals surface area contributed by atoms with Crippen LogP contribution in [0.25, 0.3) is 0 Å². The maximum atomic E-state index is 10.3. The number of carbonyl (C=O) groups is 2. The Balaban J connectivity index is -0.000000105. The maximum absolute atomic E-state index is 10.3. The molecule has 1 rings (SSSR count). The standard InChI is InChI=1S/C6H14N.C4H5NO3S.Ca.2H/c1-5-6-7(2,3)4;6-3(7)2-1-9-4(8)5-2;;;/h5H,1,6H2,2-4H3;2H,1H2,(H,5,8)(H,6,7);;;/q+1;;+2;2*-1/t;2-;;;/m.0.../s1. The van der Waals surface area contributed by atoms with Crippen LogP contribution < -0.4 is 5.32 Å². The molecule has 0 spiro atoms. The summed E-state index contributed by atoms with van der Waals surface area (Å²) >= 11 is 1.00. The Kier molecular flexibility index (Phi) is 10.6. The molecule has 0 bridgehead atoms. The number of quaternary nitrogens is 1. The zero-order valence-corrected chi connectivity index (χ0v) is 13.6. The van der Waals surface area contributed by atoms with Gasteiger partial charge in [0.05, 0.1) is 27.7 Å². The van der Waals surface area contributed by atoms with Gasteiger partial charge in [0.15, 0.2) is 0 Å². The van der Waals surface area contributed by atoms with Gasteiger partial charge in [-0.3, -0.25) is 4.79 Å². The summed E-state index contributed by atoms with van der Waals surface area (Å²) in [4.78, 5) is 20.5. The fraction of sp³-hybridized carbons (Fsp3) is 0.600. The number of hydrogen-bond acceptors (Lipinski definition) is 3. The molecule has 0 aromatic heterocycles. The van der Waals surface area contributed by atoms with Crippen LogP contribution in [0.15, 0.2) is 12.7 Å². The zero-order valence-electron chi connectivity index (χ0n) is 12.6. The van der Waals surface area contributed by atoms with Crippen molar-refractivity contribution >= 4 is 60.7 Å². The Morgan fingerprint density at radius 1 is 1.71 bits per heavy atom. The molecule has 5 nitrogen and oxygen atoms in total. The summed E-state index contributed by atoms with van der Waals surface area (Å²) in [7, 11) is 6.42. The van der Waals surface area contributed by atoms with Gasteiger partial charge in [-0.25, -0.2) is 4.79 Å². The van der Waals surface area contributed by atoms with Gasteiger partial charge in [-0.15, -0.1) is 0 Å². The monoisotopic (exact) mass is 289 g/mol. The van der Waals surface area contributed by atoms with Crippen molar-refractivity contribution in [1.29, 1.82) is 0 Å². The number of thioether (sulfide) groups is 1. The number of nitrogens with one attached hydrogen (secondary N) is 1. The summed E-state index contributed by atoms with van der Waals surface area (Å²) in [5, 5.41) is 10.3. The van der Waals surface area contributed by atoms with Gasteiger partial charge in [0.25, 0.3) is 5.24 Å². The number of carbonyl (C=O) groups excluding carboxylic acids is 1. The van der Waals surface area contributed by atoms with Crippen molar-refractivity contribution in [3.63, 3.8) is 0 Å². The number of amides is 1. The number of carboxylic acids is 1. The average Bonchev–Trinajstić information content (AvgIpc) is 2.50. The summed E-state index contributed by atoms with van der Waals surface area (Å²) in [6.07, 6.45) is 1.93. The van der Waals surface area contributed by atoms with Crippen LogP contribution in [0.2, 0.25) is 0 Å². The first-order valence-corrected chi connectivity index (χ1v) is 5.82. The van der Waals surface area contributed by atoms with Crippen molar-refractivity contribution in [1.82, 2.24) is 5.32 Å². The van der Waals surface area contributed by atoms with Gasteiger partial charge in [-0.05, 0) is 6.08 Å². The molecule has 2 N–H and O–H groups in total. The number of likely N-dealkylation sites (N-methyl/N-ethyl adjacent to an activating group) is 1. The van der Waals surface area contributed by atoms with Gasteiger partial charge in [0, 0.05) is 5.75 Å². The largest absolute Gasteiger partial charge is 2.00 e. The van der Waals surface area contributed by atoms with Crippen LogP contribution in [0.3, 0.4) is 0 Å². The SMILES string of the molecule is C=CC[N+](C)(C)C.O=C1N[C@H](C(=O)O)CS1.[Ca+2].[H-].[H-]. The van der Waals surface area contributed by atoms with E-state index < -0.39 is 12.0 Å². The maximum Gasteiger partial charge on any atom is 2.00 e. The van der Waals surface area contributed by atoms with Crippen molar-refractivity contribution in [3.05, 3.63) is 12.7 Å². The van der Waals surface area contributed by atoms with E-state index in [1.165, 1.54) is 0 Å². The summed E-state index contributed by atoms with van der Waals surface area (Å²) in [5.74, 6) is -0.623. The third kappa shape index (κ3) is 11.1. The molecule has 0 aromatic carbocycles. The number of rotatable bonds is 3. The Bertz CT molecular complexity index is 288. The van der Waals surface area contributed by atoms with Gasteiger partial charge < -0.3 is 17.8 Å². The Labute approximate surface area is 139 Å². The topological polar surface area (TPSA) is 66.4 Å². The van der Waals surface area contributed by atoms with E-state index in [1.807, 2.05) is 6.08 Å². The quantitative estimate of drug-likeness (QED) is 0.454. The van der Waals surface area contributed by atoms with Gasteiger partial charge in [-0.1, -0.05) is 18.3 Å². The molecule has 96 valence electrons. The number of hydrogen-bond donors (Lipinski definition) is 2. The predicted octanol–water partition coefficient (Wildman–Crippen LogP) is 0.619. The van der Waals surface area contributed by atoms with E-state index in [-0.39, 0.29) is 45.8 Å². The van der Waals surface area contributed by atoms with E-state index >= 15 is 0 Å². The second kappa shape index (κ2) is 9.22. The first-order chi connectivity index (χ1) is 7.26. The average molecular weight is 289 g/mol. The second-order valence-corrected chi connectivity index (χ2v) is 5.39. The normalized spacial score (nSPS) is 18.3. The fourth-order valence-corrected chi connectivity index (χ4v) is 1.67. The molecule has 1 fully saturated rings. The van der Waals surface area contributed by atoms with Crippen LogP contribution in [0.1, 0.15) is 2.85 Å². The van der Waals surface area contributed by atoms with E-state index in [1.54, 1.807) is 0 Å². The summed E-state index contributed by atoms with van der Waals surface area (Å²) < 4.78 is 0.976. The van der Waals surface area contributed by atoms with Crippen LogP contribution in [0.5, 0.6) is 0 Å². The molecule has 0 aromatic rings. The van der Waals surface area contributed by atoms with Crippen molar-refractivity contribution < 1.29 is 22.0 Å². The van der Waals surface area contributed by atoms with Gasteiger partial charge >= 0.3 is 43.7 Å². The minimum absolute atomic E-state index is 0. The van der Waals surface area contributed by atoms with E-state index in [0.717, 1.165) is 22.8 Å². The van der Waals surface area contributed by atoms with E-state index in [0.29, 0.717) is 5.75 Å². The van der Waals surface area contributed by atoms with Crippen LogP contribution in [0, 0.1) is 0 Å². The van der Waals surface area contributed by atoms with Crippen LogP contribution in [-0.2, 0) is 4.79 Å². The van der Waals surface area contributed by atoms with E-state index in [2.05, 4.69) is 33.0 Å². The molecular formula is C10H21CaN2O3S+. The molecule has 1 aliphatic heterocycles. The fourth-order valence-electron chi connectivity index (χ4n) is 0.905. The van der Waals surface area contributed by atoms with Gasteiger partial charge in [-0.2, -0.15) is 0 Å². The number of carboxylic acid groups (broad SMARTS) is 1. The van der Waals surface area contributed by atoms with Gasteiger partial charge in [0.2, 0.25) is 0 Å². The van der Waals surface area contributed by atoms with Crippen molar-refractivity contribution in [2.45, 2.75) is 6.04 Å². The molecule has 17 heavy (non-hydrogen) atoms. The molecule has 1 atom stereocenters. The third-order valence-electron chi connectivity index (χ3n) is 1.65. The Morgan fingerprint density at radius 3 is 2.35 bits per heavy atom. The van der Waals surface area contributed by atoms with Crippen molar-refractivity contribution in [2.75, 3.05) is 33.4 Å². The molecule has 0 unspecified atom stereocenters. The molecule has 1 amide bonds. The Morgan fingerprint density at radius 2 is 2.24 bits per heavy atom. The first-order valence-electron chi connectivity index (χ1n) is 4.83.